The number of nitrogens with zero attached hydrogens (tertiary/aromatic N) is 2. The van der Waals surface area contributed by atoms with Crippen molar-refractivity contribution in [2.75, 3.05) is 20.3 Å². The molecule has 14 heavy (non-hydrogen) atoms. The normalized spacial score (nSPS) is 9.79. The molecule has 0 fully saturated rings. The Morgan fingerprint density at radius 3 is 2.71 bits per heavy atom. The molecule has 6 heteroatoms. The largest absolute Gasteiger partial charge is 0.474 e. The Kier molecular flexibility index (Phi) is 3.81. The number of hydrogen-bond donors (Lipinski definition) is 2. The molecule has 1 aromatic heterocycles. The van der Waals surface area contributed by atoms with Gasteiger partial charge in [-0.15, -0.1) is 0 Å². The second-order valence-electron chi connectivity index (χ2n) is 2.49. The van der Waals surface area contributed by atoms with Crippen LogP contribution < -0.4 is 10.5 Å². The van der Waals surface area contributed by atoms with Crippen molar-refractivity contribution in [1.82, 2.24) is 9.97 Å². The lowest BCUT2D eigenvalue weighted by molar-refractivity contribution is 0.143. The number of ether oxygens (including phenoxy) is 2. The Balaban J connectivity index is 2.51. The van der Waals surface area contributed by atoms with Gasteiger partial charge in [0.2, 0.25) is 5.88 Å². The number of amidine groups is 1. The molecular formula is C8H12N4O2. The van der Waals surface area contributed by atoms with E-state index in [1.807, 2.05) is 0 Å². The van der Waals surface area contributed by atoms with Gasteiger partial charge in [-0.25, -0.2) is 9.97 Å². The van der Waals surface area contributed by atoms with Gasteiger partial charge >= 0.3 is 0 Å². The average Bonchev–Trinajstić information content (AvgIpc) is 2.19. The highest BCUT2D eigenvalue weighted by atomic mass is 16.5. The lowest BCUT2D eigenvalue weighted by Gasteiger charge is -2.03. The maximum Gasteiger partial charge on any atom is 0.232 e. The topological polar surface area (TPSA) is 94.1 Å². The van der Waals surface area contributed by atoms with Crippen molar-refractivity contribution in [3.63, 3.8) is 0 Å². The molecule has 0 saturated heterocycles. The van der Waals surface area contributed by atoms with Crippen LogP contribution in [0.1, 0.15) is 5.69 Å². The summed E-state index contributed by atoms with van der Waals surface area (Å²) in [4.78, 5) is 7.79. The molecule has 6 nitrogen and oxygen atoms in total. The molecule has 0 aromatic carbocycles. The van der Waals surface area contributed by atoms with Crippen LogP contribution in [-0.2, 0) is 4.74 Å². The van der Waals surface area contributed by atoms with Gasteiger partial charge in [-0.05, 0) is 0 Å². The minimum atomic E-state index is -0.110. The molecule has 1 rings (SSSR count). The summed E-state index contributed by atoms with van der Waals surface area (Å²) < 4.78 is 9.97. The van der Waals surface area contributed by atoms with Crippen molar-refractivity contribution in [2.45, 2.75) is 0 Å². The molecule has 3 N–H and O–H groups in total. The van der Waals surface area contributed by atoms with Crippen LogP contribution in [-0.4, -0.2) is 36.1 Å². The summed E-state index contributed by atoms with van der Waals surface area (Å²) in [6.07, 6.45) is 2.82. The Hall–Kier alpha value is -1.69. The van der Waals surface area contributed by atoms with Crippen molar-refractivity contribution in [1.29, 1.82) is 5.41 Å². The van der Waals surface area contributed by atoms with E-state index in [0.29, 0.717) is 24.8 Å². The molecule has 76 valence electrons. The molecule has 0 atom stereocenters. The fourth-order valence-electron chi connectivity index (χ4n) is 0.759. The molecule has 0 aliphatic rings. The molecule has 0 bridgehead atoms. The van der Waals surface area contributed by atoms with E-state index in [1.165, 1.54) is 12.4 Å². The van der Waals surface area contributed by atoms with Crippen LogP contribution in [0, 0.1) is 5.41 Å². The van der Waals surface area contributed by atoms with Crippen LogP contribution in [0.3, 0.4) is 0 Å². The molecule has 0 aliphatic heterocycles. The maximum absolute atomic E-state index is 7.09. The summed E-state index contributed by atoms with van der Waals surface area (Å²) in [5, 5.41) is 7.09. The Morgan fingerprint density at radius 1 is 1.43 bits per heavy atom. The number of methoxy groups -OCH3 is 1. The van der Waals surface area contributed by atoms with Gasteiger partial charge < -0.3 is 15.2 Å². The van der Waals surface area contributed by atoms with Gasteiger partial charge in [-0.3, -0.25) is 5.41 Å². The summed E-state index contributed by atoms with van der Waals surface area (Å²) in [7, 11) is 1.59. The Morgan fingerprint density at radius 2 is 2.21 bits per heavy atom. The summed E-state index contributed by atoms with van der Waals surface area (Å²) in [5.41, 5.74) is 5.54. The molecular weight excluding hydrogens is 184 g/mol. The fourth-order valence-corrected chi connectivity index (χ4v) is 0.759. The van der Waals surface area contributed by atoms with E-state index in [-0.39, 0.29) is 5.84 Å². The average molecular weight is 196 g/mol. The number of aromatic nitrogens is 2. The second kappa shape index (κ2) is 5.13. The summed E-state index contributed by atoms with van der Waals surface area (Å²) in [5.74, 6) is 0.285. The van der Waals surface area contributed by atoms with Crippen LogP contribution in [0.25, 0.3) is 0 Å². The maximum atomic E-state index is 7.09. The highest BCUT2D eigenvalue weighted by Gasteiger charge is 1.99. The van der Waals surface area contributed by atoms with E-state index in [0.717, 1.165) is 0 Å². The zero-order valence-electron chi connectivity index (χ0n) is 7.86. The first kappa shape index (κ1) is 10.4. The van der Waals surface area contributed by atoms with Crippen molar-refractivity contribution in [2.24, 2.45) is 5.73 Å². The van der Waals surface area contributed by atoms with Crippen molar-refractivity contribution in [3.8, 4) is 5.88 Å². The van der Waals surface area contributed by atoms with Gasteiger partial charge in [0.15, 0.2) is 0 Å². The van der Waals surface area contributed by atoms with Crippen LogP contribution in [0.4, 0.5) is 0 Å². The second-order valence-corrected chi connectivity index (χ2v) is 2.49. The summed E-state index contributed by atoms with van der Waals surface area (Å²) in [6, 6.07) is 0. The number of rotatable bonds is 5. The first-order valence-corrected chi connectivity index (χ1v) is 4.02. The smallest absolute Gasteiger partial charge is 0.232 e. The van der Waals surface area contributed by atoms with Gasteiger partial charge in [-0.2, -0.15) is 0 Å². The molecule has 1 aromatic rings. The molecule has 0 unspecified atom stereocenters. The lowest BCUT2D eigenvalue weighted by Crippen LogP contribution is -2.14. The van der Waals surface area contributed by atoms with Crippen molar-refractivity contribution in [3.05, 3.63) is 18.1 Å². The quantitative estimate of drug-likeness (QED) is 0.386. The minimum Gasteiger partial charge on any atom is -0.474 e. The van der Waals surface area contributed by atoms with Crippen LogP contribution in [0.2, 0.25) is 0 Å². The molecule has 0 radical (unpaired) electrons. The predicted molar refractivity (Wildman–Crippen MR) is 50.4 cm³/mol. The van der Waals surface area contributed by atoms with Crippen LogP contribution in [0.15, 0.2) is 12.4 Å². The van der Waals surface area contributed by atoms with Gasteiger partial charge in [0.1, 0.15) is 18.1 Å². The molecule has 0 spiro atoms. The number of nitrogen functional groups attached to an aromatic ring is 1. The van der Waals surface area contributed by atoms with E-state index < -0.39 is 0 Å². The van der Waals surface area contributed by atoms with Gasteiger partial charge in [0.25, 0.3) is 0 Å². The molecule has 0 amide bonds. The lowest BCUT2D eigenvalue weighted by atomic mass is 10.4. The van der Waals surface area contributed by atoms with E-state index in [4.69, 9.17) is 20.6 Å². The van der Waals surface area contributed by atoms with E-state index >= 15 is 0 Å². The molecule has 0 saturated carbocycles. The third-order valence-corrected chi connectivity index (χ3v) is 1.44. The first-order valence-electron chi connectivity index (χ1n) is 4.02. The van der Waals surface area contributed by atoms with Gasteiger partial charge in [0, 0.05) is 7.11 Å². The summed E-state index contributed by atoms with van der Waals surface area (Å²) in [6.45, 7) is 0.917. The predicted octanol–water partition coefficient (Wildman–Crippen LogP) is -0.214. The van der Waals surface area contributed by atoms with Gasteiger partial charge in [0.05, 0.1) is 19.0 Å². The Labute approximate surface area is 81.6 Å². The zero-order chi connectivity index (χ0) is 10.4. The fraction of sp³-hybridized carbons (Fsp3) is 0.375. The van der Waals surface area contributed by atoms with Crippen LogP contribution in [0.5, 0.6) is 5.88 Å². The number of nitrogens with one attached hydrogen (secondary N) is 1. The van der Waals surface area contributed by atoms with Crippen molar-refractivity contribution >= 4 is 5.84 Å². The van der Waals surface area contributed by atoms with E-state index in [9.17, 15) is 0 Å². The number of nitrogens with two attached hydrogens (primary N) is 1. The van der Waals surface area contributed by atoms with E-state index in [1.54, 1.807) is 7.11 Å². The third kappa shape index (κ3) is 2.98. The van der Waals surface area contributed by atoms with E-state index in [2.05, 4.69) is 9.97 Å². The highest BCUT2D eigenvalue weighted by molar-refractivity contribution is 5.92. The zero-order valence-corrected chi connectivity index (χ0v) is 7.86. The van der Waals surface area contributed by atoms with Gasteiger partial charge in [-0.1, -0.05) is 0 Å². The first-order chi connectivity index (χ1) is 6.74. The molecule has 1 heterocycles. The SMILES string of the molecule is COCCOc1cnc(C(=N)N)cn1. The van der Waals surface area contributed by atoms with Crippen molar-refractivity contribution < 1.29 is 9.47 Å². The Bertz CT molecular complexity index is 299. The van der Waals surface area contributed by atoms with Crippen LogP contribution >= 0.6 is 0 Å². The third-order valence-electron chi connectivity index (χ3n) is 1.44. The molecule has 0 aliphatic carbocycles. The summed E-state index contributed by atoms with van der Waals surface area (Å²) >= 11 is 0. The standard InChI is InChI=1S/C8H12N4O2/c1-13-2-3-14-7-5-11-6(4-12-7)8(9)10/h4-5H,2-3H2,1H3,(H3,9,10). The minimum absolute atomic E-state index is 0.110. The monoisotopic (exact) mass is 196 g/mol. The highest BCUT2D eigenvalue weighted by Crippen LogP contribution is 2.02. The number of hydrogen-bond acceptors (Lipinski definition) is 5.